The van der Waals surface area contributed by atoms with Crippen LogP contribution in [-0.4, -0.2) is 10.9 Å². The zero-order valence-electron chi connectivity index (χ0n) is 11.7. The first-order valence-electron chi connectivity index (χ1n) is 6.37. The molecule has 0 aromatic heterocycles. The molecular formula is C16H15Cl2NO2. The normalized spacial score (nSPS) is 11.5. The van der Waals surface area contributed by atoms with Gasteiger partial charge in [0.2, 0.25) is 0 Å². The average Bonchev–Trinajstić information content (AvgIpc) is 2.46. The molecule has 0 radical (unpaired) electrons. The highest BCUT2D eigenvalue weighted by atomic mass is 35.5. The molecule has 0 saturated heterocycles. The third-order valence-corrected chi connectivity index (χ3v) is 3.66. The minimum absolute atomic E-state index is 0.310. The third kappa shape index (κ3) is 3.90. The van der Waals surface area contributed by atoms with E-state index < -0.39 is 0 Å². The Morgan fingerprint density at radius 2 is 1.95 bits per heavy atom. The zero-order chi connectivity index (χ0) is 15.4. The van der Waals surface area contributed by atoms with Crippen LogP contribution in [0.15, 0.2) is 41.6 Å². The van der Waals surface area contributed by atoms with Gasteiger partial charge in [0, 0.05) is 21.2 Å². The molecule has 2 aromatic rings. The zero-order valence-corrected chi connectivity index (χ0v) is 13.2. The smallest absolute Gasteiger partial charge is 0.128 e. The van der Waals surface area contributed by atoms with Gasteiger partial charge in [-0.1, -0.05) is 46.1 Å². The Balaban J connectivity index is 2.24. The van der Waals surface area contributed by atoms with Gasteiger partial charge in [0.1, 0.15) is 12.4 Å². The standard InChI is InChI=1S/C16H15Cl2NO2/c1-10-3-6-16(14(7-10)11(2)19-20)21-9-12-4-5-13(17)8-15(12)18/h3-8,20H,9H2,1-2H3/b19-11+. The summed E-state index contributed by atoms with van der Waals surface area (Å²) in [5.74, 6) is 0.641. The van der Waals surface area contributed by atoms with Crippen molar-refractivity contribution >= 4 is 28.9 Å². The highest BCUT2D eigenvalue weighted by Crippen LogP contribution is 2.25. The number of oxime groups is 1. The Hall–Kier alpha value is -1.71. The summed E-state index contributed by atoms with van der Waals surface area (Å²) in [5.41, 5.74) is 3.15. The number of hydrogen-bond acceptors (Lipinski definition) is 3. The second-order valence-electron chi connectivity index (χ2n) is 4.71. The first kappa shape index (κ1) is 15.7. The van der Waals surface area contributed by atoms with E-state index in [1.165, 1.54) is 0 Å². The van der Waals surface area contributed by atoms with Crippen molar-refractivity contribution in [3.05, 3.63) is 63.1 Å². The molecule has 0 fully saturated rings. The van der Waals surface area contributed by atoms with Gasteiger partial charge in [0.15, 0.2) is 0 Å². The number of hydrogen-bond donors (Lipinski definition) is 1. The van der Waals surface area contributed by atoms with Crippen LogP contribution in [0.3, 0.4) is 0 Å². The SMILES string of the molecule is C/C(=N\O)c1cc(C)ccc1OCc1ccc(Cl)cc1Cl. The summed E-state index contributed by atoms with van der Waals surface area (Å²) in [6.07, 6.45) is 0. The predicted molar refractivity (Wildman–Crippen MR) is 86.0 cm³/mol. The molecule has 21 heavy (non-hydrogen) atoms. The maximum absolute atomic E-state index is 8.96. The first-order chi connectivity index (χ1) is 10.0. The maximum atomic E-state index is 8.96. The van der Waals surface area contributed by atoms with Crippen LogP contribution in [0.2, 0.25) is 10.0 Å². The highest BCUT2D eigenvalue weighted by molar-refractivity contribution is 6.35. The fourth-order valence-electron chi connectivity index (χ4n) is 1.90. The largest absolute Gasteiger partial charge is 0.488 e. The quantitative estimate of drug-likeness (QED) is 0.484. The van der Waals surface area contributed by atoms with Crippen LogP contribution in [0, 0.1) is 6.92 Å². The molecular weight excluding hydrogens is 309 g/mol. The van der Waals surface area contributed by atoms with E-state index in [1.54, 1.807) is 19.1 Å². The van der Waals surface area contributed by atoms with Gasteiger partial charge < -0.3 is 9.94 Å². The lowest BCUT2D eigenvalue weighted by Crippen LogP contribution is -2.03. The van der Waals surface area contributed by atoms with Crippen LogP contribution in [0.5, 0.6) is 5.75 Å². The molecule has 0 amide bonds. The van der Waals surface area contributed by atoms with Gasteiger partial charge in [-0.05, 0) is 38.1 Å². The topological polar surface area (TPSA) is 41.8 Å². The third-order valence-electron chi connectivity index (χ3n) is 3.07. The molecule has 0 spiro atoms. The van der Waals surface area contributed by atoms with E-state index in [0.29, 0.717) is 28.1 Å². The minimum Gasteiger partial charge on any atom is -0.488 e. The van der Waals surface area contributed by atoms with Crippen molar-refractivity contribution in [2.24, 2.45) is 5.16 Å². The average molecular weight is 324 g/mol. The van der Waals surface area contributed by atoms with Crippen LogP contribution in [0.1, 0.15) is 23.6 Å². The molecule has 0 bridgehead atoms. The molecule has 3 nitrogen and oxygen atoms in total. The lowest BCUT2D eigenvalue weighted by molar-refractivity contribution is 0.303. The minimum atomic E-state index is 0.310. The summed E-state index contributed by atoms with van der Waals surface area (Å²) < 4.78 is 5.80. The molecule has 0 aliphatic heterocycles. The number of benzene rings is 2. The molecule has 2 aromatic carbocycles. The summed E-state index contributed by atoms with van der Waals surface area (Å²) in [6.45, 7) is 4.00. The molecule has 0 aliphatic rings. The van der Waals surface area contributed by atoms with Gasteiger partial charge in [0.05, 0.1) is 5.71 Å². The van der Waals surface area contributed by atoms with Gasteiger partial charge >= 0.3 is 0 Å². The summed E-state index contributed by atoms with van der Waals surface area (Å²) in [6, 6.07) is 11.0. The molecule has 1 N–H and O–H groups in total. The number of nitrogens with zero attached hydrogens (tertiary/aromatic N) is 1. The molecule has 0 saturated carbocycles. The monoisotopic (exact) mass is 323 g/mol. The van der Waals surface area contributed by atoms with Crippen molar-refractivity contribution < 1.29 is 9.94 Å². The van der Waals surface area contributed by atoms with Crippen molar-refractivity contribution in [1.29, 1.82) is 0 Å². The van der Waals surface area contributed by atoms with E-state index in [1.807, 2.05) is 31.2 Å². The second-order valence-corrected chi connectivity index (χ2v) is 5.55. The molecule has 0 unspecified atom stereocenters. The summed E-state index contributed by atoms with van der Waals surface area (Å²) in [5, 5.41) is 13.3. The van der Waals surface area contributed by atoms with E-state index in [9.17, 15) is 0 Å². The molecule has 5 heteroatoms. The molecule has 2 rings (SSSR count). The van der Waals surface area contributed by atoms with E-state index in [4.69, 9.17) is 33.1 Å². The van der Waals surface area contributed by atoms with Crippen LogP contribution in [-0.2, 0) is 6.61 Å². The van der Waals surface area contributed by atoms with Crippen molar-refractivity contribution in [3.8, 4) is 5.75 Å². The van der Waals surface area contributed by atoms with E-state index in [0.717, 1.165) is 16.7 Å². The fraction of sp³-hybridized carbons (Fsp3) is 0.188. The Labute approximate surface area is 133 Å². The van der Waals surface area contributed by atoms with Crippen LogP contribution < -0.4 is 4.74 Å². The summed E-state index contributed by atoms with van der Waals surface area (Å²) in [4.78, 5) is 0. The highest BCUT2D eigenvalue weighted by Gasteiger charge is 2.09. The van der Waals surface area contributed by atoms with Gasteiger partial charge in [-0.15, -0.1) is 0 Å². The Kier molecular flexibility index (Phi) is 5.10. The lowest BCUT2D eigenvalue weighted by atomic mass is 10.1. The fourth-order valence-corrected chi connectivity index (χ4v) is 2.36. The second kappa shape index (κ2) is 6.83. The molecule has 0 heterocycles. The van der Waals surface area contributed by atoms with Gasteiger partial charge in [-0.3, -0.25) is 0 Å². The lowest BCUT2D eigenvalue weighted by Gasteiger charge is -2.12. The Bertz CT molecular complexity index is 684. The van der Waals surface area contributed by atoms with Crippen molar-refractivity contribution in [3.63, 3.8) is 0 Å². The van der Waals surface area contributed by atoms with Gasteiger partial charge in [-0.25, -0.2) is 0 Å². The van der Waals surface area contributed by atoms with Crippen molar-refractivity contribution in [2.75, 3.05) is 0 Å². The first-order valence-corrected chi connectivity index (χ1v) is 7.13. The predicted octanol–water partition coefficient (Wildman–Crippen LogP) is 5.08. The number of rotatable bonds is 4. The maximum Gasteiger partial charge on any atom is 0.128 e. The van der Waals surface area contributed by atoms with Crippen LogP contribution in [0.25, 0.3) is 0 Å². The Morgan fingerprint density at radius 1 is 1.19 bits per heavy atom. The Morgan fingerprint density at radius 3 is 2.62 bits per heavy atom. The van der Waals surface area contributed by atoms with E-state index >= 15 is 0 Å². The van der Waals surface area contributed by atoms with E-state index in [2.05, 4.69) is 5.16 Å². The van der Waals surface area contributed by atoms with Crippen LogP contribution in [0.4, 0.5) is 0 Å². The van der Waals surface area contributed by atoms with Gasteiger partial charge in [-0.2, -0.15) is 0 Å². The number of halogens is 2. The molecule has 0 atom stereocenters. The molecule has 0 aliphatic carbocycles. The van der Waals surface area contributed by atoms with E-state index in [-0.39, 0.29) is 0 Å². The van der Waals surface area contributed by atoms with Crippen LogP contribution >= 0.6 is 23.2 Å². The summed E-state index contributed by atoms with van der Waals surface area (Å²) >= 11 is 12.0. The van der Waals surface area contributed by atoms with Crippen molar-refractivity contribution in [1.82, 2.24) is 0 Å². The van der Waals surface area contributed by atoms with Gasteiger partial charge in [0.25, 0.3) is 0 Å². The van der Waals surface area contributed by atoms with Crippen molar-refractivity contribution in [2.45, 2.75) is 20.5 Å². The number of ether oxygens (including phenoxy) is 1. The molecule has 110 valence electrons. The number of aryl methyl sites for hydroxylation is 1. The summed E-state index contributed by atoms with van der Waals surface area (Å²) in [7, 11) is 0.